The number of piperidine rings is 1. The van der Waals surface area contributed by atoms with Gasteiger partial charge in [0.1, 0.15) is 0 Å². The number of carbonyl (C=O) groups excluding carboxylic acids is 1. The van der Waals surface area contributed by atoms with Crippen molar-refractivity contribution in [3.63, 3.8) is 0 Å². The Kier molecular flexibility index (Phi) is 6.63. The van der Waals surface area contributed by atoms with Gasteiger partial charge in [0.2, 0.25) is 11.1 Å². The second-order valence-electron chi connectivity index (χ2n) is 9.74. The molecule has 1 aliphatic carbocycles. The summed E-state index contributed by atoms with van der Waals surface area (Å²) in [6.45, 7) is 6.26. The summed E-state index contributed by atoms with van der Waals surface area (Å²) >= 11 is 3.02. The maximum atomic E-state index is 12.7. The monoisotopic (exact) mass is 523 g/mol. The number of amides is 1. The average molecular weight is 524 g/mol. The molecule has 4 aromatic rings. The van der Waals surface area contributed by atoms with Crippen LogP contribution < -0.4 is 5.32 Å². The molecule has 6 rings (SSSR count). The Morgan fingerprint density at radius 3 is 2.78 bits per heavy atom. The van der Waals surface area contributed by atoms with Gasteiger partial charge in [0.25, 0.3) is 0 Å². The highest BCUT2D eigenvalue weighted by molar-refractivity contribution is 7.99. The number of thiazole rings is 1. The van der Waals surface area contributed by atoms with Crippen molar-refractivity contribution in [2.24, 2.45) is 0 Å². The molecule has 0 spiro atoms. The third-order valence-electron chi connectivity index (χ3n) is 6.43. The SMILES string of the molecule is CC(C)OC1CCN(CC(=O)Nc2nc3ccc(Sc4nnc5ccc(C6CC6)nn45)cc3s2)CC1. The van der Waals surface area contributed by atoms with Crippen molar-refractivity contribution < 1.29 is 9.53 Å². The summed E-state index contributed by atoms with van der Waals surface area (Å²) < 4.78 is 8.75. The van der Waals surface area contributed by atoms with E-state index in [0.717, 1.165) is 57.5 Å². The molecule has 188 valence electrons. The van der Waals surface area contributed by atoms with Crippen LogP contribution in [0.1, 0.15) is 51.1 Å². The van der Waals surface area contributed by atoms with Crippen LogP contribution in [0.15, 0.2) is 40.4 Å². The molecule has 36 heavy (non-hydrogen) atoms. The molecule has 3 aromatic heterocycles. The lowest BCUT2D eigenvalue weighted by Gasteiger charge is -2.32. The molecule has 0 radical (unpaired) electrons. The molecule has 1 N–H and O–H groups in total. The highest BCUT2D eigenvalue weighted by Crippen LogP contribution is 2.39. The Hall–Kier alpha value is -2.60. The molecular weight excluding hydrogens is 494 g/mol. The summed E-state index contributed by atoms with van der Waals surface area (Å²) in [4.78, 5) is 20.5. The third kappa shape index (κ3) is 5.39. The number of nitrogens with zero attached hydrogens (tertiary/aromatic N) is 6. The normalized spacial score (nSPS) is 17.4. The third-order valence-corrected chi connectivity index (χ3v) is 8.29. The second kappa shape index (κ2) is 10.0. The van der Waals surface area contributed by atoms with Gasteiger partial charge in [0, 0.05) is 23.9 Å². The lowest BCUT2D eigenvalue weighted by Crippen LogP contribution is -2.41. The number of benzene rings is 1. The first kappa shape index (κ1) is 23.8. The summed E-state index contributed by atoms with van der Waals surface area (Å²) in [7, 11) is 0. The van der Waals surface area contributed by atoms with E-state index in [-0.39, 0.29) is 12.0 Å². The number of ether oxygens (including phenoxy) is 1. The van der Waals surface area contributed by atoms with E-state index in [0.29, 0.717) is 23.7 Å². The predicted molar refractivity (Wildman–Crippen MR) is 141 cm³/mol. The van der Waals surface area contributed by atoms with Crippen molar-refractivity contribution in [2.45, 2.75) is 67.7 Å². The summed E-state index contributed by atoms with van der Waals surface area (Å²) in [5, 5.41) is 17.7. The zero-order chi connectivity index (χ0) is 24.6. The van der Waals surface area contributed by atoms with Crippen molar-refractivity contribution in [1.82, 2.24) is 29.7 Å². The van der Waals surface area contributed by atoms with Gasteiger partial charge < -0.3 is 10.1 Å². The van der Waals surface area contributed by atoms with Gasteiger partial charge in [-0.1, -0.05) is 11.3 Å². The fraction of sp³-hybridized carbons (Fsp3) is 0.480. The molecule has 0 unspecified atom stereocenters. The van der Waals surface area contributed by atoms with Crippen molar-refractivity contribution >= 4 is 50.0 Å². The minimum Gasteiger partial charge on any atom is -0.375 e. The molecule has 1 saturated heterocycles. The van der Waals surface area contributed by atoms with Crippen LogP contribution in [0.25, 0.3) is 15.9 Å². The fourth-order valence-corrected chi connectivity index (χ4v) is 6.34. The van der Waals surface area contributed by atoms with Gasteiger partial charge in [0.05, 0.1) is 34.7 Å². The molecule has 2 fully saturated rings. The number of hydrogen-bond donors (Lipinski definition) is 1. The second-order valence-corrected chi connectivity index (χ2v) is 11.8. The van der Waals surface area contributed by atoms with Crippen molar-refractivity contribution in [2.75, 3.05) is 25.0 Å². The fourth-order valence-electron chi connectivity index (χ4n) is 4.52. The predicted octanol–water partition coefficient (Wildman–Crippen LogP) is 4.59. The van der Waals surface area contributed by atoms with Gasteiger partial charge in [-0.05, 0) is 81.6 Å². The molecule has 11 heteroatoms. The maximum absolute atomic E-state index is 12.7. The van der Waals surface area contributed by atoms with Crippen molar-refractivity contribution in [3.8, 4) is 0 Å². The van der Waals surface area contributed by atoms with Gasteiger partial charge in [-0.25, -0.2) is 4.98 Å². The van der Waals surface area contributed by atoms with E-state index in [1.54, 1.807) is 0 Å². The first-order valence-electron chi connectivity index (χ1n) is 12.5. The van der Waals surface area contributed by atoms with E-state index < -0.39 is 0 Å². The summed E-state index contributed by atoms with van der Waals surface area (Å²) in [6, 6.07) is 10.1. The van der Waals surface area contributed by atoms with Gasteiger partial charge in [-0.3, -0.25) is 9.69 Å². The minimum atomic E-state index is -0.0284. The molecule has 1 aromatic carbocycles. The topological polar surface area (TPSA) is 97.5 Å². The van der Waals surface area contributed by atoms with Crippen LogP contribution in [0.3, 0.4) is 0 Å². The number of anilines is 1. The molecule has 9 nitrogen and oxygen atoms in total. The van der Waals surface area contributed by atoms with E-state index in [4.69, 9.17) is 9.84 Å². The number of likely N-dealkylation sites (tertiary alicyclic amines) is 1. The van der Waals surface area contributed by atoms with Gasteiger partial charge in [-0.2, -0.15) is 9.61 Å². The average Bonchev–Trinajstić information content (AvgIpc) is 3.52. The van der Waals surface area contributed by atoms with Gasteiger partial charge in [0.15, 0.2) is 10.8 Å². The van der Waals surface area contributed by atoms with Crippen LogP contribution >= 0.6 is 23.1 Å². The summed E-state index contributed by atoms with van der Waals surface area (Å²) in [6.07, 6.45) is 4.88. The lowest BCUT2D eigenvalue weighted by molar-refractivity contribution is -0.118. The summed E-state index contributed by atoms with van der Waals surface area (Å²) in [5.74, 6) is 0.543. The molecule has 2 aliphatic rings. The van der Waals surface area contributed by atoms with E-state index in [1.807, 2.05) is 22.7 Å². The first-order valence-corrected chi connectivity index (χ1v) is 14.1. The van der Waals surface area contributed by atoms with E-state index in [2.05, 4.69) is 51.4 Å². The number of aromatic nitrogens is 5. The number of hydrogen-bond acceptors (Lipinski definition) is 9. The largest absolute Gasteiger partial charge is 0.375 e. The van der Waals surface area contributed by atoms with Crippen LogP contribution in [-0.2, 0) is 9.53 Å². The van der Waals surface area contributed by atoms with Crippen LogP contribution in [0.4, 0.5) is 5.13 Å². The number of carbonyl (C=O) groups is 1. The molecule has 4 heterocycles. The number of rotatable bonds is 8. The van der Waals surface area contributed by atoms with Gasteiger partial charge >= 0.3 is 0 Å². The van der Waals surface area contributed by atoms with Crippen molar-refractivity contribution in [3.05, 3.63) is 36.0 Å². The molecule has 1 saturated carbocycles. The van der Waals surface area contributed by atoms with E-state index in [1.165, 1.54) is 35.9 Å². The molecular formula is C25H29N7O2S2. The molecule has 0 atom stereocenters. The zero-order valence-corrected chi connectivity index (χ0v) is 22.0. The Bertz CT molecular complexity index is 1390. The van der Waals surface area contributed by atoms with Crippen LogP contribution in [0, 0.1) is 0 Å². The lowest BCUT2D eigenvalue weighted by atomic mass is 10.1. The highest BCUT2D eigenvalue weighted by Gasteiger charge is 2.26. The Balaban J connectivity index is 1.09. The van der Waals surface area contributed by atoms with Gasteiger partial charge in [-0.15, -0.1) is 10.2 Å². The van der Waals surface area contributed by atoms with Crippen LogP contribution in [0.2, 0.25) is 0 Å². The van der Waals surface area contributed by atoms with E-state index in [9.17, 15) is 4.79 Å². The number of fused-ring (bicyclic) bond motifs is 2. The molecule has 0 bridgehead atoms. The zero-order valence-electron chi connectivity index (χ0n) is 20.4. The minimum absolute atomic E-state index is 0.0284. The quantitative estimate of drug-likeness (QED) is 0.358. The van der Waals surface area contributed by atoms with E-state index >= 15 is 0 Å². The molecule has 1 aliphatic heterocycles. The molecule has 1 amide bonds. The Morgan fingerprint density at radius 2 is 2.00 bits per heavy atom. The number of nitrogens with one attached hydrogen (secondary N) is 1. The van der Waals surface area contributed by atoms with Crippen LogP contribution in [0.5, 0.6) is 0 Å². The maximum Gasteiger partial charge on any atom is 0.240 e. The standard InChI is InChI=1S/C25H29N7O2S2/c1-15(2)34-17-9-11-31(12-10-17)14-23(33)27-24-26-20-6-5-18(13-21(20)36-24)35-25-29-28-22-8-7-19(16-3-4-16)30-32(22)25/h5-8,13,15-17H,3-4,9-12,14H2,1-2H3,(H,26,27,33). The highest BCUT2D eigenvalue weighted by atomic mass is 32.2. The van der Waals surface area contributed by atoms with Crippen LogP contribution in [-0.4, -0.2) is 67.4 Å². The smallest absolute Gasteiger partial charge is 0.240 e. The Labute approximate surface area is 217 Å². The Morgan fingerprint density at radius 1 is 1.17 bits per heavy atom. The first-order chi connectivity index (χ1) is 17.5. The van der Waals surface area contributed by atoms with Crippen molar-refractivity contribution in [1.29, 1.82) is 0 Å². The summed E-state index contributed by atoms with van der Waals surface area (Å²) in [5.41, 5.74) is 2.73.